The number of aliphatic hydroxyl groups is 1. The molecule has 0 aliphatic heterocycles. The van der Waals surface area contributed by atoms with Crippen LogP contribution in [0.3, 0.4) is 0 Å². The first-order valence-corrected chi connectivity index (χ1v) is 14.3. The molecule has 232 valence electrons. The van der Waals surface area contributed by atoms with Crippen LogP contribution in [0.25, 0.3) is 11.1 Å². The predicted molar refractivity (Wildman–Crippen MR) is 161 cm³/mol. The number of carbonyl (C=O) groups is 3. The summed E-state index contributed by atoms with van der Waals surface area (Å²) < 4.78 is 22.3. The molecule has 0 amide bonds. The lowest BCUT2D eigenvalue weighted by molar-refractivity contribution is -0.0355. The van der Waals surface area contributed by atoms with Gasteiger partial charge in [0.25, 0.3) is 0 Å². The Balaban J connectivity index is 1.93. The van der Waals surface area contributed by atoms with Gasteiger partial charge in [-0.25, -0.2) is 19.4 Å². The number of rotatable bonds is 11. The molecule has 0 unspecified atom stereocenters. The summed E-state index contributed by atoms with van der Waals surface area (Å²) in [7, 11) is 0. The van der Waals surface area contributed by atoms with Gasteiger partial charge in [-0.2, -0.15) is 0 Å². The van der Waals surface area contributed by atoms with Crippen LogP contribution in [0.4, 0.5) is 4.79 Å². The molecule has 10 nitrogen and oxygen atoms in total. The molecule has 1 heterocycles. The molecular formula is C33H42N2O8. The molecule has 0 atom stereocenters. The quantitative estimate of drug-likeness (QED) is 0.152. The number of imidazole rings is 1. The monoisotopic (exact) mass is 594 g/mol. The Labute approximate surface area is 252 Å². The van der Waals surface area contributed by atoms with E-state index in [1.165, 1.54) is 0 Å². The molecule has 1 aromatic heterocycles. The number of ether oxygens (including phenoxy) is 4. The van der Waals surface area contributed by atoms with Crippen molar-refractivity contribution >= 4 is 18.1 Å². The smallest absolute Gasteiger partial charge is 0.456 e. The number of aryl methyl sites for hydroxylation is 1. The highest BCUT2D eigenvalue weighted by atomic mass is 16.8. The Morgan fingerprint density at radius 2 is 1.58 bits per heavy atom. The first kappa shape index (κ1) is 33.3. The van der Waals surface area contributed by atoms with Crippen molar-refractivity contribution in [1.82, 2.24) is 9.55 Å². The van der Waals surface area contributed by atoms with Gasteiger partial charge in [-0.3, -0.25) is 0 Å². The van der Waals surface area contributed by atoms with E-state index in [1.54, 1.807) is 44.4 Å². The summed E-state index contributed by atoms with van der Waals surface area (Å²) in [4.78, 5) is 42.5. The van der Waals surface area contributed by atoms with Crippen LogP contribution in [0, 0.1) is 0 Å². The third kappa shape index (κ3) is 9.15. The van der Waals surface area contributed by atoms with Crippen LogP contribution in [0.15, 0.2) is 48.5 Å². The van der Waals surface area contributed by atoms with Crippen molar-refractivity contribution in [2.24, 2.45) is 0 Å². The number of esters is 2. The van der Waals surface area contributed by atoms with Crippen LogP contribution in [0.2, 0.25) is 0 Å². The Bertz CT molecular complexity index is 1430. The van der Waals surface area contributed by atoms with E-state index >= 15 is 0 Å². The molecule has 2 aromatic carbocycles. The van der Waals surface area contributed by atoms with Gasteiger partial charge in [0.2, 0.25) is 6.79 Å². The number of nitrogens with zero attached hydrogens (tertiary/aromatic N) is 2. The van der Waals surface area contributed by atoms with Crippen LogP contribution in [0.1, 0.15) is 99.7 Å². The zero-order chi connectivity index (χ0) is 31.9. The minimum atomic E-state index is -1.45. The van der Waals surface area contributed by atoms with E-state index in [0.29, 0.717) is 17.8 Å². The van der Waals surface area contributed by atoms with Gasteiger partial charge in [0, 0.05) is 13.0 Å². The maximum atomic E-state index is 13.3. The van der Waals surface area contributed by atoms with E-state index in [4.69, 9.17) is 18.9 Å². The molecule has 0 radical (unpaired) electrons. The third-order valence-electron chi connectivity index (χ3n) is 6.14. The number of carbonyl (C=O) groups excluding carboxylic acids is 3. The van der Waals surface area contributed by atoms with Gasteiger partial charge in [0.05, 0.1) is 11.7 Å². The first-order chi connectivity index (χ1) is 20.1. The standard InChI is InChI=1S/C33H42N2O8/c1-9-12-26-34-28(33(7,8)39)27(30(37)40-20-41-31(38)42-21(2)3)35(26)19-22-15-17-23(18-16-22)24-13-10-11-14-25(24)29(36)43-32(4,5)6/h10-11,13-18,21,39H,9,12,19-20H2,1-8H3. The summed E-state index contributed by atoms with van der Waals surface area (Å²) in [6, 6.07) is 14.9. The lowest BCUT2D eigenvalue weighted by Crippen LogP contribution is -2.24. The van der Waals surface area contributed by atoms with Gasteiger partial charge < -0.3 is 28.6 Å². The normalized spacial score (nSPS) is 11.8. The second-order valence-electron chi connectivity index (χ2n) is 12.0. The minimum Gasteiger partial charge on any atom is -0.456 e. The molecule has 3 aromatic rings. The van der Waals surface area contributed by atoms with Crippen molar-refractivity contribution in [3.63, 3.8) is 0 Å². The molecule has 0 bridgehead atoms. The largest absolute Gasteiger partial charge is 0.511 e. The molecule has 0 spiro atoms. The molecule has 0 saturated heterocycles. The van der Waals surface area contributed by atoms with Crippen molar-refractivity contribution in [3.05, 3.63) is 76.9 Å². The van der Waals surface area contributed by atoms with Gasteiger partial charge >= 0.3 is 18.1 Å². The molecule has 0 aliphatic carbocycles. The molecular weight excluding hydrogens is 552 g/mol. The van der Waals surface area contributed by atoms with E-state index in [1.807, 2.05) is 64.1 Å². The summed E-state index contributed by atoms with van der Waals surface area (Å²) in [5, 5.41) is 10.9. The minimum absolute atomic E-state index is 0.0659. The maximum Gasteiger partial charge on any atom is 0.511 e. The average Bonchev–Trinajstić information content (AvgIpc) is 3.26. The fourth-order valence-corrected chi connectivity index (χ4v) is 4.36. The van der Waals surface area contributed by atoms with Crippen LogP contribution >= 0.6 is 0 Å². The lowest BCUT2D eigenvalue weighted by Gasteiger charge is -2.20. The Kier molecular flexibility index (Phi) is 10.7. The van der Waals surface area contributed by atoms with E-state index in [0.717, 1.165) is 23.1 Å². The van der Waals surface area contributed by atoms with E-state index in [9.17, 15) is 19.5 Å². The van der Waals surface area contributed by atoms with Crippen molar-refractivity contribution in [3.8, 4) is 11.1 Å². The highest BCUT2D eigenvalue weighted by Gasteiger charge is 2.33. The molecule has 0 fully saturated rings. The number of benzene rings is 2. The van der Waals surface area contributed by atoms with Crippen molar-refractivity contribution in [1.29, 1.82) is 0 Å². The molecule has 43 heavy (non-hydrogen) atoms. The summed E-state index contributed by atoms with van der Waals surface area (Å²) in [6.45, 7) is 13.5. The van der Waals surface area contributed by atoms with Crippen molar-refractivity contribution in [2.45, 2.75) is 92.1 Å². The topological polar surface area (TPSA) is 126 Å². The number of aromatic nitrogens is 2. The zero-order valence-corrected chi connectivity index (χ0v) is 26.2. The zero-order valence-electron chi connectivity index (χ0n) is 26.2. The Morgan fingerprint density at radius 1 is 0.930 bits per heavy atom. The fourth-order valence-electron chi connectivity index (χ4n) is 4.36. The van der Waals surface area contributed by atoms with Gasteiger partial charge in [-0.05, 0) is 77.6 Å². The van der Waals surface area contributed by atoms with Crippen LogP contribution in [0.5, 0.6) is 0 Å². The van der Waals surface area contributed by atoms with E-state index in [2.05, 4.69) is 4.98 Å². The molecule has 0 saturated carbocycles. The average molecular weight is 595 g/mol. The molecule has 0 aliphatic rings. The molecule has 10 heteroatoms. The Hall–Kier alpha value is -4.18. The lowest BCUT2D eigenvalue weighted by atomic mass is 9.98. The van der Waals surface area contributed by atoms with Gasteiger partial charge in [0.1, 0.15) is 22.7 Å². The Morgan fingerprint density at radius 3 is 2.16 bits per heavy atom. The first-order valence-electron chi connectivity index (χ1n) is 14.3. The van der Waals surface area contributed by atoms with Gasteiger partial charge in [0.15, 0.2) is 5.69 Å². The van der Waals surface area contributed by atoms with Gasteiger partial charge in [-0.1, -0.05) is 49.4 Å². The number of hydrogen-bond acceptors (Lipinski definition) is 9. The summed E-state index contributed by atoms with van der Waals surface area (Å²) in [6.07, 6.45) is -0.0461. The summed E-state index contributed by atoms with van der Waals surface area (Å²) in [5.74, 6) is -0.600. The van der Waals surface area contributed by atoms with Crippen LogP contribution in [-0.4, -0.2) is 51.2 Å². The number of hydrogen-bond donors (Lipinski definition) is 1. The maximum absolute atomic E-state index is 13.3. The predicted octanol–water partition coefficient (Wildman–Crippen LogP) is 6.41. The van der Waals surface area contributed by atoms with E-state index < -0.39 is 36.1 Å². The van der Waals surface area contributed by atoms with Crippen LogP contribution in [-0.2, 0) is 37.5 Å². The molecule has 3 rings (SSSR count). The van der Waals surface area contributed by atoms with Crippen LogP contribution < -0.4 is 0 Å². The second-order valence-corrected chi connectivity index (χ2v) is 12.0. The highest BCUT2D eigenvalue weighted by molar-refractivity contribution is 5.97. The SMILES string of the molecule is CCCc1nc(C(C)(C)O)c(C(=O)OCOC(=O)OC(C)C)n1Cc1ccc(-c2ccccc2C(=O)OC(C)(C)C)cc1. The third-order valence-corrected chi connectivity index (χ3v) is 6.14. The van der Waals surface area contributed by atoms with Crippen molar-refractivity contribution in [2.75, 3.05) is 6.79 Å². The van der Waals surface area contributed by atoms with Crippen molar-refractivity contribution < 1.29 is 38.4 Å². The second kappa shape index (κ2) is 13.9. The van der Waals surface area contributed by atoms with E-state index in [-0.39, 0.29) is 24.0 Å². The van der Waals surface area contributed by atoms with Gasteiger partial charge in [-0.15, -0.1) is 0 Å². The molecule has 1 N–H and O–H groups in total. The summed E-state index contributed by atoms with van der Waals surface area (Å²) >= 11 is 0. The summed E-state index contributed by atoms with van der Waals surface area (Å²) in [5.41, 5.74) is 1.03. The highest BCUT2D eigenvalue weighted by Crippen LogP contribution is 2.29. The fraction of sp³-hybridized carbons (Fsp3) is 0.455.